The molecule has 1 aliphatic heterocycles. The van der Waals surface area contributed by atoms with E-state index in [0.29, 0.717) is 37.7 Å². The van der Waals surface area contributed by atoms with E-state index in [1.807, 2.05) is 6.92 Å². The van der Waals surface area contributed by atoms with E-state index in [-0.39, 0.29) is 35.9 Å². The van der Waals surface area contributed by atoms with Crippen molar-refractivity contribution in [3.63, 3.8) is 0 Å². The van der Waals surface area contributed by atoms with Gasteiger partial charge in [-0.05, 0) is 50.3 Å². The topological polar surface area (TPSA) is 54.9 Å². The van der Waals surface area contributed by atoms with E-state index in [4.69, 9.17) is 21.1 Å². The molecule has 8 heteroatoms. The van der Waals surface area contributed by atoms with Crippen LogP contribution in [0.15, 0.2) is 23.2 Å². The molecule has 1 aromatic carbocycles. The zero-order valence-corrected chi connectivity index (χ0v) is 18.9. The normalized spacial score (nSPS) is 16.9. The second-order valence-electron chi connectivity index (χ2n) is 6.24. The third-order valence-electron chi connectivity index (χ3n) is 4.09. The van der Waals surface area contributed by atoms with E-state index in [0.717, 1.165) is 43.9 Å². The van der Waals surface area contributed by atoms with Crippen molar-refractivity contribution in [1.82, 2.24) is 10.6 Å². The summed E-state index contributed by atoms with van der Waals surface area (Å²) in [5.74, 6) is 0.452. The Morgan fingerprint density at radius 2 is 2.26 bits per heavy atom. The van der Waals surface area contributed by atoms with Gasteiger partial charge in [-0.2, -0.15) is 0 Å². The number of nitrogens with zero attached hydrogens (tertiary/aromatic N) is 1. The van der Waals surface area contributed by atoms with Crippen molar-refractivity contribution < 1.29 is 13.9 Å². The summed E-state index contributed by atoms with van der Waals surface area (Å²) in [5, 5.41) is 6.94. The molecule has 0 radical (unpaired) electrons. The highest BCUT2D eigenvalue weighted by molar-refractivity contribution is 14.0. The van der Waals surface area contributed by atoms with Crippen LogP contribution in [0.1, 0.15) is 31.7 Å². The lowest BCUT2D eigenvalue weighted by Gasteiger charge is -2.12. The molecule has 0 aliphatic carbocycles. The Morgan fingerprint density at radius 3 is 2.96 bits per heavy atom. The Morgan fingerprint density at radius 1 is 1.41 bits per heavy atom. The van der Waals surface area contributed by atoms with E-state index in [1.54, 1.807) is 6.07 Å². The molecule has 1 unspecified atom stereocenters. The molecule has 154 valence electrons. The number of guanidine groups is 1. The molecule has 1 saturated heterocycles. The average molecular weight is 514 g/mol. The van der Waals surface area contributed by atoms with Gasteiger partial charge in [0.1, 0.15) is 5.82 Å². The quantitative estimate of drug-likeness (QED) is 0.216. The van der Waals surface area contributed by atoms with Gasteiger partial charge in [-0.25, -0.2) is 4.39 Å². The molecule has 1 aliphatic rings. The van der Waals surface area contributed by atoms with Crippen molar-refractivity contribution in [2.24, 2.45) is 4.99 Å². The van der Waals surface area contributed by atoms with Crippen LogP contribution >= 0.6 is 35.6 Å². The molecule has 27 heavy (non-hydrogen) atoms. The fraction of sp³-hybridized carbons (Fsp3) is 0.632. The lowest BCUT2D eigenvalue weighted by molar-refractivity contribution is 0.0171. The third kappa shape index (κ3) is 9.91. The monoisotopic (exact) mass is 513 g/mol. The second-order valence-corrected chi connectivity index (χ2v) is 6.64. The molecule has 0 aromatic heterocycles. The number of hydrogen-bond acceptors (Lipinski definition) is 3. The van der Waals surface area contributed by atoms with Gasteiger partial charge in [-0.15, -0.1) is 24.0 Å². The standard InChI is InChI=1S/C19H29ClFN3O2.HI/c1-2-22-19(23-9-4-11-25-14-17-5-3-12-26-17)24-10-8-15-6-7-16(21)13-18(15)20;/h6-7,13,17H,2-5,8-12,14H2,1H3,(H2,22,23,24);1H. The summed E-state index contributed by atoms with van der Waals surface area (Å²) in [6, 6.07) is 4.48. The average Bonchev–Trinajstić information content (AvgIpc) is 3.13. The fourth-order valence-corrected chi connectivity index (χ4v) is 2.99. The lowest BCUT2D eigenvalue weighted by atomic mass is 10.1. The van der Waals surface area contributed by atoms with Gasteiger partial charge in [-0.3, -0.25) is 4.99 Å². The molecule has 2 N–H and O–H groups in total. The Balaban J connectivity index is 0.00000364. The van der Waals surface area contributed by atoms with Gasteiger partial charge in [0, 0.05) is 37.9 Å². The van der Waals surface area contributed by atoms with E-state index >= 15 is 0 Å². The van der Waals surface area contributed by atoms with Crippen LogP contribution in [0.25, 0.3) is 0 Å². The summed E-state index contributed by atoms with van der Waals surface area (Å²) in [7, 11) is 0. The molecule has 2 rings (SSSR count). The number of aliphatic imine (C=N–C) groups is 1. The molecule has 0 bridgehead atoms. The Bertz CT molecular complexity index is 572. The minimum Gasteiger partial charge on any atom is -0.379 e. The van der Waals surface area contributed by atoms with E-state index in [9.17, 15) is 4.39 Å². The first-order chi connectivity index (χ1) is 12.7. The molecule has 0 saturated carbocycles. The molecular weight excluding hydrogens is 484 g/mol. The first-order valence-corrected chi connectivity index (χ1v) is 9.72. The fourth-order valence-electron chi connectivity index (χ4n) is 2.73. The minimum atomic E-state index is -0.316. The molecule has 0 spiro atoms. The highest BCUT2D eigenvalue weighted by atomic mass is 127. The molecule has 1 heterocycles. The Labute approximate surface area is 183 Å². The van der Waals surface area contributed by atoms with Crippen molar-refractivity contribution in [3.05, 3.63) is 34.6 Å². The number of hydrogen-bond donors (Lipinski definition) is 2. The van der Waals surface area contributed by atoms with Gasteiger partial charge < -0.3 is 20.1 Å². The number of rotatable bonds is 10. The summed E-state index contributed by atoms with van der Waals surface area (Å²) in [5.41, 5.74) is 0.916. The van der Waals surface area contributed by atoms with Crippen molar-refractivity contribution in [2.45, 2.75) is 38.7 Å². The maximum Gasteiger partial charge on any atom is 0.191 e. The van der Waals surface area contributed by atoms with Gasteiger partial charge in [-0.1, -0.05) is 17.7 Å². The van der Waals surface area contributed by atoms with Gasteiger partial charge in [0.2, 0.25) is 0 Å². The first kappa shape index (κ1) is 24.4. The number of nitrogens with one attached hydrogen (secondary N) is 2. The highest BCUT2D eigenvalue weighted by Crippen LogP contribution is 2.17. The third-order valence-corrected chi connectivity index (χ3v) is 4.44. The number of halogens is 3. The number of ether oxygens (including phenoxy) is 2. The molecule has 5 nitrogen and oxygen atoms in total. The molecule has 1 aromatic rings. The maximum atomic E-state index is 13.1. The van der Waals surface area contributed by atoms with Crippen molar-refractivity contribution >= 4 is 41.5 Å². The lowest BCUT2D eigenvalue weighted by Crippen LogP contribution is -2.38. The van der Waals surface area contributed by atoms with Crippen LogP contribution in [0.5, 0.6) is 0 Å². The second kappa shape index (κ2) is 14.4. The number of benzene rings is 1. The maximum absolute atomic E-state index is 13.1. The van der Waals surface area contributed by atoms with Crippen LogP contribution in [0.3, 0.4) is 0 Å². The summed E-state index contributed by atoms with van der Waals surface area (Å²) in [6.45, 7) is 6.41. The summed E-state index contributed by atoms with van der Waals surface area (Å²) in [6.07, 6.45) is 4.08. The molecular formula is C19H30ClFIN3O2. The van der Waals surface area contributed by atoms with Crippen molar-refractivity contribution in [1.29, 1.82) is 0 Å². The Hall–Kier alpha value is -0.640. The highest BCUT2D eigenvalue weighted by Gasteiger charge is 2.14. The molecule has 1 atom stereocenters. The van der Waals surface area contributed by atoms with Crippen LogP contribution in [-0.4, -0.2) is 51.5 Å². The van der Waals surface area contributed by atoms with E-state index < -0.39 is 0 Å². The van der Waals surface area contributed by atoms with Crippen LogP contribution in [0.4, 0.5) is 4.39 Å². The van der Waals surface area contributed by atoms with Crippen LogP contribution in [-0.2, 0) is 15.9 Å². The van der Waals surface area contributed by atoms with E-state index in [2.05, 4.69) is 15.6 Å². The van der Waals surface area contributed by atoms with Crippen LogP contribution < -0.4 is 10.6 Å². The molecule has 1 fully saturated rings. The smallest absolute Gasteiger partial charge is 0.191 e. The van der Waals surface area contributed by atoms with Gasteiger partial charge in [0.05, 0.1) is 12.7 Å². The van der Waals surface area contributed by atoms with Gasteiger partial charge in [0.25, 0.3) is 0 Å². The van der Waals surface area contributed by atoms with Gasteiger partial charge >= 0.3 is 0 Å². The SMILES string of the molecule is CCNC(=NCCCOCC1CCCO1)NCCc1ccc(F)cc1Cl.I. The predicted molar refractivity (Wildman–Crippen MR) is 119 cm³/mol. The van der Waals surface area contributed by atoms with Crippen molar-refractivity contribution in [2.75, 3.05) is 39.5 Å². The van der Waals surface area contributed by atoms with Crippen LogP contribution in [0.2, 0.25) is 5.02 Å². The zero-order chi connectivity index (χ0) is 18.6. The predicted octanol–water partition coefficient (Wildman–Crippen LogP) is 3.78. The summed E-state index contributed by atoms with van der Waals surface area (Å²) in [4.78, 5) is 4.54. The van der Waals surface area contributed by atoms with Gasteiger partial charge in [0.15, 0.2) is 5.96 Å². The van der Waals surface area contributed by atoms with E-state index in [1.165, 1.54) is 12.1 Å². The zero-order valence-electron chi connectivity index (χ0n) is 15.8. The summed E-state index contributed by atoms with van der Waals surface area (Å²) >= 11 is 6.05. The van der Waals surface area contributed by atoms with Crippen molar-refractivity contribution in [3.8, 4) is 0 Å². The Kier molecular flexibility index (Phi) is 13.0. The first-order valence-electron chi connectivity index (χ1n) is 9.34. The minimum absolute atomic E-state index is 0. The summed E-state index contributed by atoms with van der Waals surface area (Å²) < 4.78 is 24.2. The van der Waals surface area contributed by atoms with Crippen LogP contribution in [0, 0.1) is 5.82 Å². The molecule has 0 amide bonds. The largest absolute Gasteiger partial charge is 0.379 e.